The van der Waals surface area contributed by atoms with Crippen LogP contribution in [0, 0.1) is 11.7 Å². The highest BCUT2D eigenvalue weighted by atomic mass is 19.1. The number of benzene rings is 1. The predicted octanol–water partition coefficient (Wildman–Crippen LogP) is 2.10. The van der Waals surface area contributed by atoms with E-state index in [1.807, 2.05) is 6.92 Å². The van der Waals surface area contributed by atoms with Crippen LogP contribution in [0.5, 0.6) is 0 Å². The average molecular weight is 323 g/mol. The molecule has 23 heavy (non-hydrogen) atoms. The lowest BCUT2D eigenvalue weighted by Gasteiger charge is -2.34. The molecule has 1 aliphatic rings. The van der Waals surface area contributed by atoms with Crippen molar-refractivity contribution in [3.8, 4) is 0 Å². The lowest BCUT2D eigenvalue weighted by atomic mass is 9.99. The molecule has 0 unspecified atom stereocenters. The number of carbonyl (C=O) groups is 2. The third kappa shape index (κ3) is 5.03. The minimum absolute atomic E-state index is 0.0278. The van der Waals surface area contributed by atoms with E-state index in [2.05, 4.69) is 0 Å². The van der Waals surface area contributed by atoms with Gasteiger partial charge in [0.15, 0.2) is 0 Å². The molecule has 1 amide bonds. The Balaban J connectivity index is 1.86. The first-order valence-electron chi connectivity index (χ1n) is 7.83. The molecule has 0 saturated carbocycles. The topological polar surface area (TPSA) is 66.8 Å². The Labute approximate surface area is 135 Å². The van der Waals surface area contributed by atoms with Crippen molar-refractivity contribution in [3.05, 3.63) is 35.6 Å². The summed E-state index contributed by atoms with van der Waals surface area (Å²) in [7, 11) is 0. The van der Waals surface area contributed by atoms with Crippen molar-refractivity contribution in [2.45, 2.75) is 32.3 Å². The third-order valence-electron chi connectivity index (χ3n) is 4.08. The summed E-state index contributed by atoms with van der Waals surface area (Å²) in [4.78, 5) is 24.9. The molecule has 1 aromatic carbocycles. The van der Waals surface area contributed by atoms with E-state index in [0.29, 0.717) is 38.1 Å². The van der Waals surface area contributed by atoms with E-state index in [1.165, 1.54) is 6.07 Å². The molecule has 5 nitrogen and oxygen atoms in total. The summed E-state index contributed by atoms with van der Waals surface area (Å²) < 4.78 is 19.0. The van der Waals surface area contributed by atoms with Crippen LogP contribution in [0.15, 0.2) is 24.3 Å². The van der Waals surface area contributed by atoms with E-state index in [4.69, 9.17) is 9.84 Å². The van der Waals surface area contributed by atoms with Gasteiger partial charge in [0.2, 0.25) is 5.91 Å². The van der Waals surface area contributed by atoms with Gasteiger partial charge in [0.25, 0.3) is 0 Å². The molecule has 0 spiro atoms. The zero-order valence-corrected chi connectivity index (χ0v) is 13.2. The molecule has 2 atom stereocenters. The number of nitrogens with zero attached hydrogens (tertiary/aromatic N) is 1. The van der Waals surface area contributed by atoms with Crippen molar-refractivity contribution in [1.29, 1.82) is 0 Å². The molecular formula is C17H22FNO4. The molecule has 0 bridgehead atoms. The summed E-state index contributed by atoms with van der Waals surface area (Å²) in [6, 6.07) is 6.57. The van der Waals surface area contributed by atoms with Gasteiger partial charge in [0, 0.05) is 19.0 Å². The fraction of sp³-hybridized carbons (Fsp3) is 0.529. The number of aryl methyl sites for hydroxylation is 1. The van der Waals surface area contributed by atoms with Gasteiger partial charge >= 0.3 is 5.97 Å². The van der Waals surface area contributed by atoms with Gasteiger partial charge in [-0.3, -0.25) is 9.59 Å². The van der Waals surface area contributed by atoms with Crippen LogP contribution in [0.4, 0.5) is 4.39 Å². The maximum absolute atomic E-state index is 13.6. The van der Waals surface area contributed by atoms with E-state index in [-0.39, 0.29) is 24.1 Å². The van der Waals surface area contributed by atoms with Crippen LogP contribution in [0.3, 0.4) is 0 Å². The van der Waals surface area contributed by atoms with Gasteiger partial charge in [-0.1, -0.05) is 25.1 Å². The van der Waals surface area contributed by atoms with Crippen LogP contribution in [0.1, 0.15) is 25.3 Å². The Hall–Kier alpha value is -1.95. The third-order valence-corrected chi connectivity index (χ3v) is 4.08. The van der Waals surface area contributed by atoms with Crippen LogP contribution in [0.25, 0.3) is 0 Å². The molecule has 1 aliphatic heterocycles. The molecule has 0 aromatic heterocycles. The summed E-state index contributed by atoms with van der Waals surface area (Å²) in [6.45, 7) is 2.95. The number of hydrogen-bond donors (Lipinski definition) is 1. The van der Waals surface area contributed by atoms with Gasteiger partial charge in [-0.15, -0.1) is 0 Å². The van der Waals surface area contributed by atoms with Crippen molar-refractivity contribution in [2.75, 3.05) is 19.7 Å². The summed E-state index contributed by atoms with van der Waals surface area (Å²) in [5.74, 6) is -1.45. The number of halogens is 1. The second-order valence-electron chi connectivity index (χ2n) is 5.91. The fourth-order valence-corrected chi connectivity index (χ4v) is 2.75. The molecular weight excluding hydrogens is 301 g/mol. The van der Waals surface area contributed by atoms with Gasteiger partial charge in [0.1, 0.15) is 5.82 Å². The zero-order chi connectivity index (χ0) is 16.8. The Bertz CT molecular complexity index is 563. The van der Waals surface area contributed by atoms with E-state index < -0.39 is 12.1 Å². The molecule has 6 heteroatoms. The fourth-order valence-electron chi connectivity index (χ4n) is 2.75. The molecule has 2 rings (SSSR count). The number of aliphatic carboxylic acids is 1. The molecule has 126 valence electrons. The number of hydrogen-bond acceptors (Lipinski definition) is 3. The summed E-state index contributed by atoms with van der Waals surface area (Å²) >= 11 is 0. The van der Waals surface area contributed by atoms with Crippen molar-refractivity contribution < 1.29 is 23.8 Å². The molecule has 0 aliphatic carbocycles. The highest BCUT2D eigenvalue weighted by molar-refractivity contribution is 5.78. The highest BCUT2D eigenvalue weighted by Crippen LogP contribution is 2.17. The lowest BCUT2D eigenvalue weighted by molar-refractivity contribution is -0.149. The summed E-state index contributed by atoms with van der Waals surface area (Å²) in [5, 5.41) is 8.82. The van der Waals surface area contributed by atoms with Crippen molar-refractivity contribution >= 4 is 11.9 Å². The van der Waals surface area contributed by atoms with Gasteiger partial charge in [0.05, 0.1) is 19.1 Å². The maximum atomic E-state index is 13.6. The monoisotopic (exact) mass is 323 g/mol. The summed E-state index contributed by atoms with van der Waals surface area (Å²) in [5.41, 5.74) is 0.609. The number of carboxylic acid groups (broad SMARTS) is 1. The maximum Gasteiger partial charge on any atom is 0.306 e. The molecule has 0 radical (unpaired) electrons. The minimum atomic E-state index is -0.933. The smallest absolute Gasteiger partial charge is 0.306 e. The van der Waals surface area contributed by atoms with Crippen LogP contribution < -0.4 is 0 Å². The van der Waals surface area contributed by atoms with Gasteiger partial charge in [-0.2, -0.15) is 0 Å². The minimum Gasteiger partial charge on any atom is -0.481 e. The van der Waals surface area contributed by atoms with Crippen molar-refractivity contribution in [3.63, 3.8) is 0 Å². The number of carboxylic acids is 1. The van der Waals surface area contributed by atoms with Crippen molar-refractivity contribution in [1.82, 2.24) is 4.90 Å². The molecule has 1 N–H and O–H groups in total. The zero-order valence-electron chi connectivity index (χ0n) is 13.2. The quantitative estimate of drug-likeness (QED) is 0.870. The van der Waals surface area contributed by atoms with Crippen molar-refractivity contribution in [2.24, 2.45) is 5.92 Å². The number of carbonyl (C=O) groups excluding carboxylic acids is 1. The first-order valence-corrected chi connectivity index (χ1v) is 7.83. The standard InChI is InChI=1S/C17H22FNO4/c1-12(6-7-13-4-2-3-5-15(13)18)17(22)19-8-9-23-14(11-19)10-16(20)21/h2-5,12,14H,6-11H2,1H3,(H,20,21)/t12-,14-/m1/s1. The van der Waals surface area contributed by atoms with Crippen LogP contribution in [-0.2, 0) is 20.7 Å². The molecule has 1 saturated heterocycles. The van der Waals surface area contributed by atoms with Gasteiger partial charge < -0.3 is 14.7 Å². The first kappa shape index (κ1) is 17.4. The van der Waals surface area contributed by atoms with Crippen LogP contribution in [0.2, 0.25) is 0 Å². The van der Waals surface area contributed by atoms with E-state index in [1.54, 1.807) is 23.1 Å². The Kier molecular flexibility index (Phi) is 6.10. The van der Waals surface area contributed by atoms with E-state index in [9.17, 15) is 14.0 Å². The van der Waals surface area contributed by atoms with E-state index >= 15 is 0 Å². The summed E-state index contributed by atoms with van der Waals surface area (Å²) in [6.07, 6.45) is 0.500. The lowest BCUT2D eigenvalue weighted by Crippen LogP contribution is -2.48. The van der Waals surface area contributed by atoms with Gasteiger partial charge in [-0.05, 0) is 24.5 Å². The van der Waals surface area contributed by atoms with Gasteiger partial charge in [-0.25, -0.2) is 4.39 Å². The highest BCUT2D eigenvalue weighted by Gasteiger charge is 2.28. The normalized spacial score (nSPS) is 19.4. The average Bonchev–Trinajstić information content (AvgIpc) is 2.52. The SMILES string of the molecule is C[C@H](CCc1ccccc1F)C(=O)N1CCO[C@H](CC(=O)O)C1. The number of morpholine rings is 1. The molecule has 1 aromatic rings. The largest absolute Gasteiger partial charge is 0.481 e. The van der Waals surface area contributed by atoms with E-state index in [0.717, 1.165) is 0 Å². The molecule has 1 fully saturated rings. The number of ether oxygens (including phenoxy) is 1. The Morgan fingerprint density at radius 3 is 2.87 bits per heavy atom. The second kappa shape index (κ2) is 8.06. The number of amides is 1. The number of rotatable bonds is 6. The second-order valence-corrected chi connectivity index (χ2v) is 5.91. The van der Waals surface area contributed by atoms with Crippen LogP contribution >= 0.6 is 0 Å². The first-order chi connectivity index (χ1) is 11.0. The Morgan fingerprint density at radius 1 is 1.43 bits per heavy atom. The van der Waals surface area contributed by atoms with Crippen LogP contribution in [-0.4, -0.2) is 47.7 Å². The molecule has 1 heterocycles. The Morgan fingerprint density at radius 2 is 2.17 bits per heavy atom. The predicted molar refractivity (Wildman–Crippen MR) is 82.5 cm³/mol.